The van der Waals surface area contributed by atoms with Crippen LogP contribution in [0, 0.1) is 5.82 Å². The summed E-state index contributed by atoms with van der Waals surface area (Å²) in [7, 11) is 3.02. The second-order valence-corrected chi connectivity index (χ2v) is 6.62. The third-order valence-corrected chi connectivity index (χ3v) is 4.23. The lowest BCUT2D eigenvalue weighted by Crippen LogP contribution is -2.31. The van der Waals surface area contributed by atoms with Gasteiger partial charge in [-0.05, 0) is 42.5 Å². The molecule has 0 fully saturated rings. The molecular formula is C23H27FN4O4. The Bertz CT molecular complexity index is 1080. The van der Waals surface area contributed by atoms with Gasteiger partial charge in [-0.25, -0.2) is 9.38 Å². The van der Waals surface area contributed by atoms with Gasteiger partial charge in [0.2, 0.25) is 11.8 Å². The molecule has 0 atom stereocenters. The van der Waals surface area contributed by atoms with Crippen LogP contribution < -0.4 is 31.1 Å². The van der Waals surface area contributed by atoms with Crippen molar-refractivity contribution < 1.29 is 23.5 Å². The highest BCUT2D eigenvalue weighted by Gasteiger charge is 2.09. The summed E-state index contributed by atoms with van der Waals surface area (Å²) in [6, 6.07) is 9.62. The molecule has 0 heterocycles. The number of carbonyl (C=O) groups excluding carboxylic acids is 2. The first-order chi connectivity index (χ1) is 15.4. The van der Waals surface area contributed by atoms with Gasteiger partial charge in [0, 0.05) is 37.8 Å². The van der Waals surface area contributed by atoms with Gasteiger partial charge in [0.05, 0.1) is 11.8 Å². The standard InChI is InChI=1S/C23H27FN4O4/c1-5-26-23(22-15(2)12-18(13-19(22)24)32-11-10-31-4)28-17-8-6-16(7-9-17)27-21(30)14-20(29)25-3/h5-9,12-13,28H,2,10-11,14H2,1,3-4H3,(H,25,29)(H,27,30)/b23-22-,26-5?. The van der Waals surface area contributed by atoms with Gasteiger partial charge in [0.1, 0.15) is 30.4 Å². The van der Waals surface area contributed by atoms with Crippen LogP contribution in [-0.4, -0.2) is 45.4 Å². The Morgan fingerprint density at radius 2 is 1.75 bits per heavy atom. The molecule has 0 radical (unpaired) electrons. The van der Waals surface area contributed by atoms with Crippen molar-refractivity contribution in [2.45, 2.75) is 13.3 Å². The number of amides is 2. The number of rotatable bonds is 10. The summed E-state index contributed by atoms with van der Waals surface area (Å²) in [5.74, 6) is -0.709. The van der Waals surface area contributed by atoms with Crippen molar-refractivity contribution in [2.24, 2.45) is 4.99 Å². The smallest absolute Gasteiger partial charge is 0.233 e. The van der Waals surface area contributed by atoms with E-state index in [1.807, 2.05) is 0 Å². The van der Waals surface area contributed by atoms with E-state index in [1.54, 1.807) is 44.4 Å². The largest absolute Gasteiger partial charge is 0.491 e. The zero-order valence-corrected chi connectivity index (χ0v) is 18.3. The number of ether oxygens (including phenoxy) is 2. The molecule has 0 unspecified atom stereocenters. The number of nitrogens with one attached hydrogen (secondary N) is 3. The van der Waals surface area contributed by atoms with Crippen LogP contribution in [0.1, 0.15) is 13.3 Å². The molecule has 0 spiro atoms. The average Bonchev–Trinajstić information content (AvgIpc) is 2.74. The summed E-state index contributed by atoms with van der Waals surface area (Å²) in [6.07, 6.45) is 1.27. The zero-order valence-electron chi connectivity index (χ0n) is 18.3. The first kappa shape index (κ1) is 24.5. The second-order valence-electron chi connectivity index (χ2n) is 6.62. The summed E-state index contributed by atoms with van der Waals surface area (Å²) in [5.41, 5.74) is 1.14. The van der Waals surface area contributed by atoms with Crippen molar-refractivity contribution >= 4 is 41.8 Å². The Morgan fingerprint density at radius 3 is 2.31 bits per heavy atom. The highest BCUT2D eigenvalue weighted by atomic mass is 19.1. The fraction of sp³-hybridized carbons (Fsp3) is 0.261. The van der Waals surface area contributed by atoms with Crippen LogP contribution in [0.5, 0.6) is 5.75 Å². The fourth-order valence-electron chi connectivity index (χ4n) is 2.73. The normalized spacial score (nSPS) is 11.8. The van der Waals surface area contributed by atoms with E-state index in [1.165, 1.54) is 19.3 Å². The molecule has 0 bridgehead atoms. The van der Waals surface area contributed by atoms with Crippen LogP contribution in [0.15, 0.2) is 41.4 Å². The van der Waals surface area contributed by atoms with Gasteiger partial charge < -0.3 is 25.4 Å². The number of benzene rings is 2. The van der Waals surface area contributed by atoms with Gasteiger partial charge in [-0.1, -0.05) is 6.58 Å². The highest BCUT2D eigenvalue weighted by Crippen LogP contribution is 2.16. The predicted molar refractivity (Wildman–Crippen MR) is 123 cm³/mol. The van der Waals surface area contributed by atoms with Gasteiger partial charge in [-0.2, -0.15) is 0 Å². The molecule has 2 aromatic carbocycles. The van der Waals surface area contributed by atoms with E-state index in [4.69, 9.17) is 9.47 Å². The topological polar surface area (TPSA) is 101 Å². The number of nitrogens with zero attached hydrogens (tertiary/aromatic N) is 1. The Hall–Kier alpha value is -3.72. The summed E-state index contributed by atoms with van der Waals surface area (Å²) in [4.78, 5) is 27.4. The minimum Gasteiger partial charge on any atom is -0.491 e. The molecule has 0 aliphatic carbocycles. The zero-order chi connectivity index (χ0) is 23.5. The molecule has 2 amide bonds. The number of halogens is 1. The van der Waals surface area contributed by atoms with Crippen LogP contribution >= 0.6 is 0 Å². The Balaban J connectivity index is 2.25. The summed E-state index contributed by atoms with van der Waals surface area (Å²) < 4.78 is 25.3. The minimum atomic E-state index is -0.531. The monoisotopic (exact) mass is 442 g/mol. The molecule has 0 aliphatic heterocycles. The molecule has 0 saturated carbocycles. The van der Waals surface area contributed by atoms with Crippen LogP contribution in [0.3, 0.4) is 0 Å². The van der Waals surface area contributed by atoms with E-state index in [0.29, 0.717) is 35.6 Å². The third kappa shape index (κ3) is 7.21. The maximum atomic E-state index is 14.9. The van der Waals surface area contributed by atoms with Crippen molar-refractivity contribution in [1.82, 2.24) is 5.32 Å². The van der Waals surface area contributed by atoms with Crippen molar-refractivity contribution in [2.75, 3.05) is 38.0 Å². The summed E-state index contributed by atoms with van der Waals surface area (Å²) >= 11 is 0. The molecule has 0 saturated heterocycles. The number of carbonyl (C=O) groups is 2. The SMILES string of the molecule is C=c1cc(OCCOC)cc(F)/c1=C(/N=CC)Nc1ccc(NC(=O)CC(=O)NC)cc1. The Kier molecular flexibility index (Phi) is 9.37. The van der Waals surface area contributed by atoms with Crippen LogP contribution in [0.25, 0.3) is 12.4 Å². The van der Waals surface area contributed by atoms with E-state index in [-0.39, 0.29) is 23.4 Å². The van der Waals surface area contributed by atoms with E-state index in [9.17, 15) is 14.0 Å². The molecular weight excluding hydrogens is 415 g/mol. The predicted octanol–water partition coefficient (Wildman–Crippen LogP) is 1.60. The van der Waals surface area contributed by atoms with Crippen molar-refractivity contribution in [3.05, 3.63) is 52.7 Å². The Morgan fingerprint density at radius 1 is 1.09 bits per heavy atom. The van der Waals surface area contributed by atoms with Crippen LogP contribution in [0.4, 0.5) is 15.8 Å². The lowest BCUT2D eigenvalue weighted by Gasteiger charge is -2.11. The minimum absolute atomic E-state index is 0.213. The average molecular weight is 442 g/mol. The summed E-state index contributed by atoms with van der Waals surface area (Å²) in [6.45, 7) is 6.32. The van der Waals surface area contributed by atoms with Gasteiger partial charge in [-0.15, -0.1) is 0 Å². The first-order valence-electron chi connectivity index (χ1n) is 9.88. The maximum Gasteiger partial charge on any atom is 0.233 e. The molecule has 0 aliphatic rings. The third-order valence-electron chi connectivity index (χ3n) is 4.23. The number of anilines is 2. The molecule has 8 nitrogen and oxygen atoms in total. The number of hydrogen-bond acceptors (Lipinski definition) is 6. The molecule has 32 heavy (non-hydrogen) atoms. The Labute approximate surface area is 185 Å². The molecule has 170 valence electrons. The second kappa shape index (κ2) is 12.2. The van der Waals surface area contributed by atoms with Gasteiger partial charge >= 0.3 is 0 Å². The first-order valence-corrected chi connectivity index (χ1v) is 9.88. The van der Waals surface area contributed by atoms with E-state index >= 15 is 0 Å². The van der Waals surface area contributed by atoms with E-state index in [0.717, 1.165) is 0 Å². The van der Waals surface area contributed by atoms with E-state index in [2.05, 4.69) is 27.5 Å². The molecule has 2 aromatic rings. The highest BCUT2D eigenvalue weighted by molar-refractivity contribution is 6.03. The number of hydrogen-bond donors (Lipinski definition) is 3. The van der Waals surface area contributed by atoms with E-state index < -0.39 is 11.7 Å². The van der Waals surface area contributed by atoms with Crippen molar-refractivity contribution in [3.63, 3.8) is 0 Å². The quantitative estimate of drug-likeness (QED) is 0.295. The van der Waals surface area contributed by atoms with Gasteiger partial charge in [0.25, 0.3) is 0 Å². The maximum absolute atomic E-state index is 14.9. The van der Waals surface area contributed by atoms with Crippen molar-refractivity contribution in [1.29, 1.82) is 0 Å². The fourth-order valence-corrected chi connectivity index (χ4v) is 2.73. The number of aliphatic imine (C=N–C) groups is 1. The van der Waals surface area contributed by atoms with Crippen LogP contribution in [0.2, 0.25) is 0 Å². The molecule has 9 heteroatoms. The van der Waals surface area contributed by atoms with Gasteiger partial charge in [-0.3, -0.25) is 9.59 Å². The van der Waals surface area contributed by atoms with Gasteiger partial charge in [0.15, 0.2) is 0 Å². The molecule has 3 N–H and O–H groups in total. The summed E-state index contributed by atoms with van der Waals surface area (Å²) in [5, 5.41) is 8.71. The molecule has 0 aromatic heterocycles. The lowest BCUT2D eigenvalue weighted by molar-refractivity contribution is -0.126. The van der Waals surface area contributed by atoms with Crippen LogP contribution in [-0.2, 0) is 14.3 Å². The number of methoxy groups -OCH3 is 1. The lowest BCUT2D eigenvalue weighted by atomic mass is 10.2. The van der Waals surface area contributed by atoms with Crippen molar-refractivity contribution in [3.8, 4) is 5.75 Å². The molecule has 2 rings (SSSR count).